The third-order valence-electron chi connectivity index (χ3n) is 4.51. The van der Waals surface area contributed by atoms with Crippen LogP contribution in [-0.4, -0.2) is 33.9 Å². The molecule has 1 amide bonds. The van der Waals surface area contributed by atoms with E-state index in [0.29, 0.717) is 22.0 Å². The van der Waals surface area contributed by atoms with Crippen molar-refractivity contribution in [2.24, 2.45) is 0 Å². The van der Waals surface area contributed by atoms with Gasteiger partial charge in [-0.1, -0.05) is 12.1 Å². The van der Waals surface area contributed by atoms with Crippen LogP contribution in [-0.2, 0) is 11.3 Å². The van der Waals surface area contributed by atoms with Crippen LogP contribution in [0.4, 0.5) is 4.39 Å². The van der Waals surface area contributed by atoms with Crippen LogP contribution in [0, 0.1) is 5.82 Å². The Morgan fingerprint density at radius 3 is 2.93 bits per heavy atom. The molecule has 3 aromatic rings. The highest BCUT2D eigenvalue weighted by atomic mass is 32.1. The summed E-state index contributed by atoms with van der Waals surface area (Å²) in [6.45, 7) is 1.73. The van der Waals surface area contributed by atoms with Gasteiger partial charge in [-0.3, -0.25) is 9.48 Å². The van der Waals surface area contributed by atoms with Crippen molar-refractivity contribution in [3.8, 4) is 11.3 Å². The van der Waals surface area contributed by atoms with E-state index in [1.807, 2.05) is 10.9 Å². The topological polar surface area (TPSA) is 69.0 Å². The number of aromatic nitrogens is 3. The summed E-state index contributed by atoms with van der Waals surface area (Å²) in [4.78, 5) is 16.8. The molecule has 0 radical (unpaired) electrons. The lowest BCUT2D eigenvalue weighted by atomic mass is 10.1. The highest BCUT2D eigenvalue weighted by Gasteiger charge is 2.18. The van der Waals surface area contributed by atoms with E-state index in [1.165, 1.54) is 17.4 Å². The molecule has 2 aromatic heterocycles. The van der Waals surface area contributed by atoms with Gasteiger partial charge in [-0.2, -0.15) is 5.10 Å². The van der Waals surface area contributed by atoms with Crippen molar-refractivity contribution in [1.29, 1.82) is 0 Å². The number of ether oxygens (including phenoxy) is 1. The lowest BCUT2D eigenvalue weighted by molar-refractivity contribution is 0.0660. The number of hydrogen-bond donors (Lipinski definition) is 1. The summed E-state index contributed by atoms with van der Waals surface area (Å²) in [6.07, 6.45) is 3.64. The van der Waals surface area contributed by atoms with Gasteiger partial charge in [0.25, 0.3) is 5.91 Å². The van der Waals surface area contributed by atoms with Gasteiger partial charge in [0.1, 0.15) is 16.5 Å². The van der Waals surface area contributed by atoms with Gasteiger partial charge < -0.3 is 10.1 Å². The fourth-order valence-electron chi connectivity index (χ4n) is 3.04. The summed E-state index contributed by atoms with van der Waals surface area (Å²) in [7, 11) is 0. The van der Waals surface area contributed by atoms with Crippen LogP contribution in [0.15, 0.2) is 41.9 Å². The molecule has 0 saturated carbocycles. The Labute approximate surface area is 160 Å². The minimum Gasteiger partial charge on any atom is -0.381 e. The monoisotopic (exact) mass is 386 g/mol. The summed E-state index contributed by atoms with van der Waals surface area (Å²) in [6, 6.07) is 8.51. The number of hydrogen-bond acceptors (Lipinski definition) is 5. The van der Waals surface area contributed by atoms with E-state index in [1.54, 1.807) is 29.6 Å². The number of carbonyl (C=O) groups is 1. The van der Waals surface area contributed by atoms with Gasteiger partial charge in [0.15, 0.2) is 0 Å². The molecule has 6 nitrogen and oxygen atoms in total. The second-order valence-corrected chi connectivity index (χ2v) is 7.26. The van der Waals surface area contributed by atoms with E-state index in [4.69, 9.17) is 4.74 Å². The number of nitrogens with zero attached hydrogens (tertiary/aromatic N) is 3. The van der Waals surface area contributed by atoms with Crippen LogP contribution < -0.4 is 5.32 Å². The average Bonchev–Trinajstić information content (AvgIpc) is 3.37. The molecule has 0 bridgehead atoms. The lowest BCUT2D eigenvalue weighted by Crippen LogP contribution is -2.24. The molecule has 140 valence electrons. The number of benzene rings is 1. The number of rotatable bonds is 5. The van der Waals surface area contributed by atoms with Gasteiger partial charge in [-0.05, 0) is 31.0 Å². The molecule has 0 spiro atoms. The highest BCUT2D eigenvalue weighted by molar-refractivity contribution is 7.09. The number of carbonyl (C=O) groups excluding carboxylic acids is 1. The van der Waals surface area contributed by atoms with Crippen molar-refractivity contribution < 1.29 is 13.9 Å². The molecule has 1 fully saturated rings. The maximum atomic E-state index is 13.9. The molecular formula is C19H19FN4O2S. The van der Waals surface area contributed by atoms with Gasteiger partial charge in [0.05, 0.1) is 18.3 Å². The zero-order valence-electron chi connectivity index (χ0n) is 14.6. The van der Waals surface area contributed by atoms with Crippen LogP contribution in [0.2, 0.25) is 0 Å². The maximum absolute atomic E-state index is 13.9. The zero-order chi connectivity index (χ0) is 18.6. The second-order valence-electron chi connectivity index (χ2n) is 6.31. The SMILES string of the molecule is O=C(NCc1nc(-c2ccccc2F)cs1)c1ccn(C2CCOCC2)n1. The van der Waals surface area contributed by atoms with Crippen LogP contribution in [0.3, 0.4) is 0 Å². The van der Waals surface area contributed by atoms with Gasteiger partial charge in [0, 0.05) is 30.4 Å². The summed E-state index contributed by atoms with van der Waals surface area (Å²) >= 11 is 1.39. The Balaban J connectivity index is 1.37. The van der Waals surface area contributed by atoms with Crippen LogP contribution >= 0.6 is 11.3 Å². The van der Waals surface area contributed by atoms with Crippen molar-refractivity contribution in [3.05, 3.63) is 58.4 Å². The third kappa shape index (κ3) is 4.06. The highest BCUT2D eigenvalue weighted by Crippen LogP contribution is 2.24. The molecule has 1 N–H and O–H groups in total. The number of nitrogens with one attached hydrogen (secondary N) is 1. The van der Waals surface area contributed by atoms with Crippen molar-refractivity contribution in [2.75, 3.05) is 13.2 Å². The van der Waals surface area contributed by atoms with Crippen LogP contribution in [0.5, 0.6) is 0 Å². The largest absolute Gasteiger partial charge is 0.381 e. The predicted octanol–water partition coefficient (Wildman–Crippen LogP) is 3.43. The molecule has 27 heavy (non-hydrogen) atoms. The zero-order valence-corrected chi connectivity index (χ0v) is 15.4. The van der Waals surface area contributed by atoms with Gasteiger partial charge >= 0.3 is 0 Å². The first-order valence-electron chi connectivity index (χ1n) is 8.81. The molecule has 0 unspecified atom stereocenters. The minimum atomic E-state index is -0.308. The first-order chi connectivity index (χ1) is 13.2. The molecule has 1 saturated heterocycles. The Hall–Kier alpha value is -2.58. The van der Waals surface area contributed by atoms with E-state index in [0.717, 1.165) is 26.1 Å². The van der Waals surface area contributed by atoms with Crippen molar-refractivity contribution in [3.63, 3.8) is 0 Å². The predicted molar refractivity (Wildman–Crippen MR) is 100.0 cm³/mol. The molecule has 0 atom stereocenters. The van der Waals surface area contributed by atoms with Gasteiger partial charge in [0.2, 0.25) is 0 Å². The summed E-state index contributed by atoms with van der Waals surface area (Å²) in [5, 5.41) is 9.72. The van der Waals surface area contributed by atoms with Gasteiger partial charge in [-0.15, -0.1) is 11.3 Å². The fourth-order valence-corrected chi connectivity index (χ4v) is 3.78. The van der Waals surface area contributed by atoms with E-state index in [9.17, 15) is 9.18 Å². The van der Waals surface area contributed by atoms with Crippen molar-refractivity contribution >= 4 is 17.2 Å². The Morgan fingerprint density at radius 2 is 2.11 bits per heavy atom. The molecule has 0 aliphatic carbocycles. The van der Waals surface area contributed by atoms with Crippen molar-refractivity contribution in [1.82, 2.24) is 20.1 Å². The summed E-state index contributed by atoms with van der Waals surface area (Å²) in [5.41, 5.74) is 1.42. The molecule has 1 aliphatic rings. The molecular weight excluding hydrogens is 367 g/mol. The Morgan fingerprint density at radius 1 is 1.30 bits per heavy atom. The third-order valence-corrected chi connectivity index (χ3v) is 5.36. The number of halogens is 1. The van der Waals surface area contributed by atoms with E-state index in [2.05, 4.69) is 15.4 Å². The first-order valence-corrected chi connectivity index (χ1v) is 9.69. The molecule has 8 heteroatoms. The van der Waals surface area contributed by atoms with E-state index < -0.39 is 0 Å². The van der Waals surface area contributed by atoms with Crippen molar-refractivity contribution in [2.45, 2.75) is 25.4 Å². The van der Waals surface area contributed by atoms with E-state index >= 15 is 0 Å². The Kier molecular flexibility index (Phi) is 5.26. The molecule has 1 aliphatic heterocycles. The lowest BCUT2D eigenvalue weighted by Gasteiger charge is -2.22. The molecule has 1 aromatic carbocycles. The number of amides is 1. The minimum absolute atomic E-state index is 0.247. The first kappa shape index (κ1) is 17.8. The van der Waals surface area contributed by atoms with Crippen LogP contribution in [0.25, 0.3) is 11.3 Å². The summed E-state index contributed by atoms with van der Waals surface area (Å²) < 4.78 is 21.1. The average molecular weight is 386 g/mol. The normalized spacial score (nSPS) is 15.0. The van der Waals surface area contributed by atoms with Gasteiger partial charge in [-0.25, -0.2) is 9.37 Å². The number of thiazole rings is 1. The molecule has 4 rings (SSSR count). The standard InChI is InChI=1S/C19H19FN4O2S/c20-15-4-2-1-3-14(15)17-12-27-18(22-17)11-21-19(25)16-5-8-24(23-16)13-6-9-26-10-7-13/h1-5,8,12-13H,6-7,9-11H2,(H,21,25). The van der Waals surface area contributed by atoms with E-state index in [-0.39, 0.29) is 24.3 Å². The van der Waals surface area contributed by atoms with Crippen LogP contribution in [0.1, 0.15) is 34.4 Å². The maximum Gasteiger partial charge on any atom is 0.272 e. The smallest absolute Gasteiger partial charge is 0.272 e. The summed E-state index contributed by atoms with van der Waals surface area (Å²) in [5.74, 6) is -0.555. The second kappa shape index (κ2) is 7.98. The Bertz CT molecular complexity index is 933. The molecule has 3 heterocycles. The quantitative estimate of drug-likeness (QED) is 0.729. The fraction of sp³-hybridized carbons (Fsp3) is 0.316.